The molecule has 2 aliphatic rings. The zero-order chi connectivity index (χ0) is 14.7. The van der Waals surface area contributed by atoms with Crippen LogP contribution in [0.15, 0.2) is 24.3 Å². The maximum absolute atomic E-state index is 9.57. The van der Waals surface area contributed by atoms with Crippen molar-refractivity contribution < 1.29 is 9.84 Å². The van der Waals surface area contributed by atoms with E-state index < -0.39 is 0 Å². The monoisotopic (exact) mass is 291 g/mol. The molecule has 0 amide bonds. The SMILES string of the molecule is COc1cccc(N2CCN(CC3CC(O)CN3)CC2)c1. The fourth-order valence-electron chi connectivity index (χ4n) is 3.24. The van der Waals surface area contributed by atoms with Gasteiger partial charge >= 0.3 is 0 Å². The van der Waals surface area contributed by atoms with Gasteiger partial charge in [0.2, 0.25) is 0 Å². The highest BCUT2D eigenvalue weighted by molar-refractivity contribution is 5.51. The van der Waals surface area contributed by atoms with Crippen LogP contribution in [-0.2, 0) is 0 Å². The van der Waals surface area contributed by atoms with E-state index in [1.807, 2.05) is 12.1 Å². The maximum atomic E-state index is 9.57. The number of anilines is 1. The Morgan fingerprint density at radius 3 is 2.76 bits per heavy atom. The van der Waals surface area contributed by atoms with Crippen molar-refractivity contribution in [2.24, 2.45) is 0 Å². The van der Waals surface area contributed by atoms with Gasteiger partial charge in [0, 0.05) is 57.1 Å². The number of hydrogen-bond acceptors (Lipinski definition) is 5. The Morgan fingerprint density at radius 2 is 2.10 bits per heavy atom. The minimum absolute atomic E-state index is 0.159. The van der Waals surface area contributed by atoms with Crippen molar-refractivity contribution in [2.45, 2.75) is 18.6 Å². The van der Waals surface area contributed by atoms with Crippen LogP contribution >= 0.6 is 0 Å². The predicted molar refractivity (Wildman–Crippen MR) is 84.1 cm³/mol. The van der Waals surface area contributed by atoms with Gasteiger partial charge < -0.3 is 20.1 Å². The van der Waals surface area contributed by atoms with Gasteiger partial charge in [0.05, 0.1) is 13.2 Å². The van der Waals surface area contributed by atoms with Gasteiger partial charge in [-0.25, -0.2) is 0 Å². The van der Waals surface area contributed by atoms with Gasteiger partial charge in [0.1, 0.15) is 5.75 Å². The minimum atomic E-state index is -0.159. The number of nitrogens with one attached hydrogen (secondary N) is 1. The van der Waals surface area contributed by atoms with Gasteiger partial charge in [-0.05, 0) is 18.6 Å². The van der Waals surface area contributed by atoms with Crippen molar-refractivity contribution >= 4 is 5.69 Å². The molecule has 2 aliphatic heterocycles. The summed E-state index contributed by atoms with van der Waals surface area (Å²) in [5, 5.41) is 13.0. The number of piperazine rings is 1. The molecule has 5 nitrogen and oxygen atoms in total. The topological polar surface area (TPSA) is 48.0 Å². The smallest absolute Gasteiger partial charge is 0.120 e. The van der Waals surface area contributed by atoms with Crippen LogP contribution in [0.1, 0.15) is 6.42 Å². The number of methoxy groups -OCH3 is 1. The molecule has 2 atom stereocenters. The Balaban J connectivity index is 1.50. The number of β-amino-alcohol motifs (C(OH)–C–C–N with tert-alkyl or cyclic N) is 1. The van der Waals surface area contributed by atoms with Crippen LogP contribution in [-0.4, -0.2) is 68.5 Å². The van der Waals surface area contributed by atoms with Crippen molar-refractivity contribution in [3.05, 3.63) is 24.3 Å². The number of benzene rings is 1. The standard InChI is InChI=1S/C16H25N3O2/c1-21-16-4-2-3-14(10-16)19-7-5-18(6-8-19)12-13-9-15(20)11-17-13/h2-4,10,13,15,17,20H,5-9,11-12H2,1H3. The molecule has 2 fully saturated rings. The average molecular weight is 291 g/mol. The van der Waals surface area contributed by atoms with Crippen LogP contribution in [0.4, 0.5) is 5.69 Å². The van der Waals surface area contributed by atoms with Crippen LogP contribution in [0.5, 0.6) is 5.75 Å². The van der Waals surface area contributed by atoms with Crippen LogP contribution in [0.3, 0.4) is 0 Å². The van der Waals surface area contributed by atoms with Crippen molar-refractivity contribution in [3.8, 4) is 5.75 Å². The molecule has 2 saturated heterocycles. The normalized spacial score (nSPS) is 27.0. The van der Waals surface area contributed by atoms with E-state index in [9.17, 15) is 5.11 Å². The Labute approximate surface area is 126 Å². The summed E-state index contributed by atoms with van der Waals surface area (Å²) in [4.78, 5) is 4.91. The fourth-order valence-corrected chi connectivity index (χ4v) is 3.24. The van der Waals surface area contributed by atoms with Crippen LogP contribution in [0.25, 0.3) is 0 Å². The molecule has 2 heterocycles. The molecule has 0 saturated carbocycles. The number of nitrogens with zero attached hydrogens (tertiary/aromatic N) is 2. The summed E-state index contributed by atoms with van der Waals surface area (Å²) in [5.74, 6) is 0.916. The number of aliphatic hydroxyl groups is 1. The highest BCUT2D eigenvalue weighted by atomic mass is 16.5. The summed E-state index contributed by atoms with van der Waals surface area (Å²) < 4.78 is 5.30. The molecule has 21 heavy (non-hydrogen) atoms. The third-order valence-corrected chi connectivity index (χ3v) is 4.47. The van der Waals surface area contributed by atoms with E-state index in [-0.39, 0.29) is 6.10 Å². The lowest BCUT2D eigenvalue weighted by molar-refractivity contribution is 0.185. The second kappa shape index (κ2) is 6.64. The quantitative estimate of drug-likeness (QED) is 0.848. The zero-order valence-corrected chi connectivity index (χ0v) is 12.7. The first-order valence-electron chi connectivity index (χ1n) is 7.77. The fraction of sp³-hybridized carbons (Fsp3) is 0.625. The summed E-state index contributed by atoms with van der Waals surface area (Å²) in [7, 11) is 1.71. The van der Waals surface area contributed by atoms with E-state index in [0.717, 1.165) is 51.4 Å². The Morgan fingerprint density at radius 1 is 1.29 bits per heavy atom. The summed E-state index contributed by atoms with van der Waals surface area (Å²) in [6, 6.07) is 8.72. The average Bonchev–Trinajstić information content (AvgIpc) is 2.93. The molecule has 0 spiro atoms. The molecular formula is C16H25N3O2. The number of aliphatic hydroxyl groups excluding tert-OH is 1. The molecule has 3 rings (SSSR count). The van der Waals surface area contributed by atoms with Gasteiger partial charge in [0.25, 0.3) is 0 Å². The van der Waals surface area contributed by atoms with Gasteiger partial charge in [-0.1, -0.05) is 6.07 Å². The van der Waals surface area contributed by atoms with Gasteiger partial charge in [-0.2, -0.15) is 0 Å². The van der Waals surface area contributed by atoms with E-state index in [1.165, 1.54) is 5.69 Å². The van der Waals surface area contributed by atoms with Crippen LogP contribution in [0, 0.1) is 0 Å². The lowest BCUT2D eigenvalue weighted by atomic mass is 10.1. The molecule has 1 aromatic carbocycles. The molecule has 116 valence electrons. The Bertz CT molecular complexity index is 461. The van der Waals surface area contributed by atoms with Gasteiger partial charge in [-0.3, -0.25) is 4.90 Å². The van der Waals surface area contributed by atoms with E-state index in [0.29, 0.717) is 6.04 Å². The maximum Gasteiger partial charge on any atom is 0.120 e. The first-order valence-corrected chi connectivity index (χ1v) is 7.77. The highest BCUT2D eigenvalue weighted by Gasteiger charge is 2.25. The van der Waals surface area contributed by atoms with Crippen molar-refractivity contribution in [2.75, 3.05) is 51.3 Å². The van der Waals surface area contributed by atoms with Crippen LogP contribution < -0.4 is 15.0 Å². The molecule has 0 aromatic heterocycles. The second-order valence-electron chi connectivity index (χ2n) is 5.98. The van der Waals surface area contributed by atoms with E-state index in [4.69, 9.17) is 4.74 Å². The third-order valence-electron chi connectivity index (χ3n) is 4.47. The Hall–Kier alpha value is -1.30. The van der Waals surface area contributed by atoms with Crippen LogP contribution in [0.2, 0.25) is 0 Å². The first kappa shape index (κ1) is 14.6. The lowest BCUT2D eigenvalue weighted by Gasteiger charge is -2.37. The van der Waals surface area contributed by atoms with Gasteiger partial charge in [-0.15, -0.1) is 0 Å². The molecule has 0 radical (unpaired) electrons. The van der Waals surface area contributed by atoms with E-state index in [2.05, 4.69) is 27.2 Å². The summed E-state index contributed by atoms with van der Waals surface area (Å²) >= 11 is 0. The van der Waals surface area contributed by atoms with Crippen molar-refractivity contribution in [1.82, 2.24) is 10.2 Å². The van der Waals surface area contributed by atoms with Crippen molar-refractivity contribution in [1.29, 1.82) is 0 Å². The lowest BCUT2D eigenvalue weighted by Crippen LogP contribution is -2.49. The third kappa shape index (κ3) is 3.67. The summed E-state index contributed by atoms with van der Waals surface area (Å²) in [5.41, 5.74) is 1.24. The van der Waals surface area contributed by atoms with E-state index >= 15 is 0 Å². The highest BCUT2D eigenvalue weighted by Crippen LogP contribution is 2.22. The summed E-state index contributed by atoms with van der Waals surface area (Å²) in [6.45, 7) is 6.03. The molecule has 1 aromatic rings. The molecule has 2 N–H and O–H groups in total. The number of ether oxygens (including phenoxy) is 1. The molecule has 5 heteroatoms. The molecular weight excluding hydrogens is 266 g/mol. The molecule has 0 aliphatic carbocycles. The molecule has 0 bridgehead atoms. The van der Waals surface area contributed by atoms with E-state index in [1.54, 1.807) is 7.11 Å². The first-order chi connectivity index (χ1) is 10.2. The number of hydrogen-bond donors (Lipinski definition) is 2. The zero-order valence-electron chi connectivity index (χ0n) is 12.7. The van der Waals surface area contributed by atoms with Gasteiger partial charge in [0.15, 0.2) is 0 Å². The second-order valence-corrected chi connectivity index (χ2v) is 5.98. The summed E-state index contributed by atoms with van der Waals surface area (Å²) in [6.07, 6.45) is 0.726. The minimum Gasteiger partial charge on any atom is -0.497 e. The largest absolute Gasteiger partial charge is 0.497 e. The molecule has 2 unspecified atom stereocenters. The Kier molecular flexibility index (Phi) is 4.63. The predicted octanol–water partition coefficient (Wildman–Crippen LogP) is 0.540. The number of rotatable bonds is 4. The van der Waals surface area contributed by atoms with Crippen molar-refractivity contribution in [3.63, 3.8) is 0 Å².